The topological polar surface area (TPSA) is 95.7 Å². The number of nitro groups is 1. The first-order valence-electron chi connectivity index (χ1n) is 7.70. The molecule has 2 rings (SSSR count). The molecule has 1 aromatic carbocycles. The maximum atomic E-state index is 12.1. The molecule has 0 heterocycles. The molecule has 0 bridgehead atoms. The first-order valence-corrected chi connectivity index (χ1v) is 7.70. The van der Waals surface area contributed by atoms with Crippen molar-refractivity contribution in [1.82, 2.24) is 0 Å². The lowest BCUT2D eigenvalue weighted by Crippen LogP contribution is -2.28. The molecular formula is C17H19NO6. The Hall–Kier alpha value is -2.54. The van der Waals surface area contributed by atoms with Gasteiger partial charge < -0.3 is 9.47 Å². The molecule has 1 aromatic rings. The third kappa shape index (κ3) is 4.99. The SMILES string of the molecule is COC1CCC(C(=O)Oc2ccc(/C=C/C(=O)[N+](=O)[O-])cc2)CC1. The van der Waals surface area contributed by atoms with Gasteiger partial charge in [0.1, 0.15) is 10.7 Å². The minimum absolute atomic E-state index is 0.117. The maximum absolute atomic E-state index is 12.1. The van der Waals surface area contributed by atoms with Crippen molar-refractivity contribution < 1.29 is 24.0 Å². The van der Waals surface area contributed by atoms with Gasteiger partial charge in [0.05, 0.1) is 18.1 Å². The van der Waals surface area contributed by atoms with Gasteiger partial charge >= 0.3 is 11.9 Å². The van der Waals surface area contributed by atoms with Crippen LogP contribution in [0.15, 0.2) is 30.3 Å². The molecule has 1 saturated carbocycles. The van der Waals surface area contributed by atoms with Gasteiger partial charge in [0.15, 0.2) is 0 Å². The van der Waals surface area contributed by atoms with E-state index in [0.717, 1.165) is 31.8 Å². The van der Waals surface area contributed by atoms with Crippen LogP contribution in [0.3, 0.4) is 0 Å². The van der Waals surface area contributed by atoms with Gasteiger partial charge in [-0.2, -0.15) is 0 Å². The highest BCUT2D eigenvalue weighted by atomic mass is 16.6. The van der Waals surface area contributed by atoms with Crippen molar-refractivity contribution in [2.75, 3.05) is 7.11 Å². The number of methoxy groups -OCH3 is 1. The van der Waals surface area contributed by atoms with Crippen molar-refractivity contribution in [2.45, 2.75) is 31.8 Å². The number of benzene rings is 1. The van der Waals surface area contributed by atoms with Gasteiger partial charge in [0.2, 0.25) is 0 Å². The molecule has 0 saturated heterocycles. The fourth-order valence-corrected chi connectivity index (χ4v) is 2.61. The summed E-state index contributed by atoms with van der Waals surface area (Å²) in [6.07, 6.45) is 5.65. The summed E-state index contributed by atoms with van der Waals surface area (Å²) in [4.78, 5) is 32.3. The second-order valence-electron chi connectivity index (χ2n) is 5.63. The summed E-state index contributed by atoms with van der Waals surface area (Å²) in [6, 6.07) is 6.42. The van der Waals surface area contributed by atoms with E-state index in [1.807, 2.05) is 0 Å². The number of carbonyl (C=O) groups excluding carboxylic acids is 2. The monoisotopic (exact) mass is 333 g/mol. The van der Waals surface area contributed by atoms with Crippen LogP contribution in [0.5, 0.6) is 5.75 Å². The smallest absolute Gasteiger partial charge is 0.426 e. The van der Waals surface area contributed by atoms with Crippen molar-refractivity contribution in [3.8, 4) is 5.75 Å². The van der Waals surface area contributed by atoms with Gasteiger partial charge in [0.25, 0.3) is 0 Å². The first-order chi connectivity index (χ1) is 11.5. The van der Waals surface area contributed by atoms with Crippen molar-refractivity contribution in [3.05, 3.63) is 46.0 Å². The Morgan fingerprint density at radius 2 is 1.79 bits per heavy atom. The Morgan fingerprint density at radius 1 is 1.17 bits per heavy atom. The normalized spacial score (nSPS) is 20.7. The Bertz CT molecular complexity index is 629. The third-order valence-corrected chi connectivity index (χ3v) is 4.04. The van der Waals surface area contributed by atoms with Crippen LogP contribution < -0.4 is 4.74 Å². The van der Waals surface area contributed by atoms with Crippen LogP contribution in [0.1, 0.15) is 31.2 Å². The third-order valence-electron chi connectivity index (χ3n) is 4.04. The van der Waals surface area contributed by atoms with Gasteiger partial charge in [-0.05, 0) is 49.5 Å². The summed E-state index contributed by atoms with van der Waals surface area (Å²) in [5.74, 6) is -1.14. The second kappa shape index (κ2) is 8.35. The van der Waals surface area contributed by atoms with E-state index in [1.165, 1.54) is 6.08 Å². The van der Waals surface area contributed by atoms with Crippen molar-refractivity contribution in [2.24, 2.45) is 5.92 Å². The Morgan fingerprint density at radius 3 is 2.33 bits per heavy atom. The zero-order valence-corrected chi connectivity index (χ0v) is 13.3. The van der Waals surface area contributed by atoms with Crippen LogP contribution in [0.25, 0.3) is 6.08 Å². The summed E-state index contributed by atoms with van der Waals surface area (Å²) in [7, 11) is 1.68. The largest absolute Gasteiger partial charge is 0.469 e. The molecule has 1 aliphatic rings. The van der Waals surface area contributed by atoms with Crippen LogP contribution >= 0.6 is 0 Å². The summed E-state index contributed by atoms with van der Waals surface area (Å²) in [5.41, 5.74) is 0.602. The van der Waals surface area contributed by atoms with Gasteiger partial charge in [-0.25, -0.2) is 4.79 Å². The zero-order valence-electron chi connectivity index (χ0n) is 13.3. The quantitative estimate of drug-likeness (QED) is 0.270. The summed E-state index contributed by atoms with van der Waals surface area (Å²) < 4.78 is 10.6. The fourth-order valence-electron chi connectivity index (χ4n) is 2.61. The fraction of sp³-hybridized carbons (Fsp3) is 0.412. The van der Waals surface area contributed by atoms with E-state index >= 15 is 0 Å². The van der Waals surface area contributed by atoms with Gasteiger partial charge in [-0.15, -0.1) is 0 Å². The van der Waals surface area contributed by atoms with Crippen molar-refractivity contribution in [1.29, 1.82) is 0 Å². The predicted molar refractivity (Wildman–Crippen MR) is 85.9 cm³/mol. The van der Waals surface area contributed by atoms with Crippen LogP contribution in [-0.4, -0.2) is 30.0 Å². The lowest BCUT2D eigenvalue weighted by atomic mass is 9.87. The number of hydrogen-bond acceptors (Lipinski definition) is 6. The predicted octanol–water partition coefficient (Wildman–Crippen LogP) is 2.61. The highest BCUT2D eigenvalue weighted by Gasteiger charge is 2.27. The number of rotatable bonds is 5. The lowest BCUT2D eigenvalue weighted by Gasteiger charge is -2.26. The van der Waals surface area contributed by atoms with Gasteiger partial charge in [-0.3, -0.25) is 14.9 Å². The number of ether oxygens (including phenoxy) is 2. The molecule has 0 unspecified atom stereocenters. The van der Waals surface area contributed by atoms with E-state index in [9.17, 15) is 19.7 Å². The molecule has 0 spiro atoms. The zero-order chi connectivity index (χ0) is 17.5. The molecule has 0 N–H and O–H groups in total. The number of amides is 1. The van der Waals surface area contributed by atoms with E-state index in [1.54, 1.807) is 31.4 Å². The Balaban J connectivity index is 1.88. The number of carbonyl (C=O) groups is 2. The molecule has 0 aliphatic heterocycles. The van der Waals surface area contributed by atoms with E-state index < -0.39 is 10.8 Å². The summed E-state index contributed by atoms with van der Waals surface area (Å²) in [5, 5.41) is 10.2. The minimum Gasteiger partial charge on any atom is -0.426 e. The van der Waals surface area contributed by atoms with E-state index in [4.69, 9.17) is 9.47 Å². The molecule has 0 aromatic heterocycles. The number of nitrogens with zero attached hydrogens (tertiary/aromatic N) is 1. The van der Waals surface area contributed by atoms with Crippen LogP contribution in [-0.2, 0) is 14.3 Å². The number of hydrogen-bond donors (Lipinski definition) is 0. The molecular weight excluding hydrogens is 314 g/mol. The van der Waals surface area contributed by atoms with Crippen LogP contribution in [0.4, 0.5) is 0 Å². The molecule has 24 heavy (non-hydrogen) atoms. The van der Waals surface area contributed by atoms with Crippen molar-refractivity contribution in [3.63, 3.8) is 0 Å². The summed E-state index contributed by atoms with van der Waals surface area (Å²) >= 11 is 0. The second-order valence-corrected chi connectivity index (χ2v) is 5.63. The summed E-state index contributed by atoms with van der Waals surface area (Å²) in [6.45, 7) is 0. The average molecular weight is 333 g/mol. The highest BCUT2D eigenvalue weighted by molar-refractivity contribution is 5.85. The molecule has 7 nitrogen and oxygen atoms in total. The molecule has 128 valence electrons. The van der Waals surface area contributed by atoms with Crippen LogP contribution in [0, 0.1) is 16.0 Å². The average Bonchev–Trinajstić information content (AvgIpc) is 2.60. The Labute approximate surface area is 139 Å². The van der Waals surface area contributed by atoms with Crippen molar-refractivity contribution >= 4 is 18.0 Å². The maximum Gasteiger partial charge on any atom is 0.469 e. The molecule has 1 amide bonds. The number of esters is 1. The highest BCUT2D eigenvalue weighted by Crippen LogP contribution is 2.27. The molecule has 0 atom stereocenters. The molecule has 7 heteroatoms. The van der Waals surface area contributed by atoms with E-state index in [2.05, 4.69) is 0 Å². The minimum atomic E-state index is -1.18. The standard InChI is InChI=1S/C17H19NO6/c1-23-14-9-5-13(6-10-14)17(20)24-15-7-2-12(3-8-15)4-11-16(19)18(21)22/h2-4,7-8,11,13-14H,5-6,9-10H2,1H3/b11-4+. The van der Waals surface area contributed by atoms with Gasteiger partial charge in [0, 0.05) is 7.11 Å². The van der Waals surface area contributed by atoms with E-state index in [-0.39, 0.29) is 18.0 Å². The van der Waals surface area contributed by atoms with Gasteiger partial charge in [-0.1, -0.05) is 12.1 Å². The van der Waals surface area contributed by atoms with E-state index in [0.29, 0.717) is 11.3 Å². The molecule has 1 aliphatic carbocycles. The lowest BCUT2D eigenvalue weighted by molar-refractivity contribution is -0.395. The van der Waals surface area contributed by atoms with Crippen LogP contribution in [0.2, 0.25) is 0 Å². The molecule has 1 fully saturated rings. The Kier molecular flexibility index (Phi) is 6.20. The molecule has 0 radical (unpaired) electrons. The first kappa shape index (κ1) is 17.8.